The molecule has 1 atom stereocenters. The Bertz CT molecular complexity index is 788. The predicted octanol–water partition coefficient (Wildman–Crippen LogP) is 3.68. The molecular weight excluding hydrogens is 349 g/mol. The number of amides is 1. The Morgan fingerprint density at radius 2 is 2.04 bits per heavy atom. The molecule has 7 heteroatoms. The third kappa shape index (κ3) is 4.12. The van der Waals surface area contributed by atoms with Crippen molar-refractivity contribution in [2.75, 3.05) is 13.1 Å². The summed E-state index contributed by atoms with van der Waals surface area (Å²) >= 11 is 0. The van der Waals surface area contributed by atoms with Crippen LogP contribution in [0, 0.1) is 11.7 Å². The maximum absolute atomic E-state index is 13.6. The summed E-state index contributed by atoms with van der Waals surface area (Å²) in [4.78, 5) is 19.1. The minimum Gasteiger partial charge on any atom is -0.481 e. The van der Waals surface area contributed by atoms with Gasteiger partial charge in [0.05, 0.1) is 0 Å². The van der Waals surface area contributed by atoms with Gasteiger partial charge in [-0.25, -0.2) is 4.39 Å². The van der Waals surface area contributed by atoms with Gasteiger partial charge in [0.15, 0.2) is 24.0 Å². The average molecular weight is 373 g/mol. The van der Waals surface area contributed by atoms with Gasteiger partial charge in [0.25, 0.3) is 5.89 Å². The number of benzene rings is 1. The number of aromatic nitrogens is 2. The summed E-state index contributed by atoms with van der Waals surface area (Å²) in [5.74, 6) is 1.20. The zero-order valence-electron chi connectivity index (χ0n) is 15.3. The van der Waals surface area contributed by atoms with Crippen LogP contribution in [0.1, 0.15) is 56.2 Å². The highest BCUT2D eigenvalue weighted by atomic mass is 19.1. The topological polar surface area (TPSA) is 68.5 Å². The van der Waals surface area contributed by atoms with E-state index in [9.17, 15) is 9.18 Å². The Labute approximate surface area is 157 Å². The Balaban J connectivity index is 1.36. The number of carbonyl (C=O) groups is 1. The molecule has 4 rings (SSSR count). The van der Waals surface area contributed by atoms with Crippen LogP contribution in [-0.2, 0) is 11.4 Å². The molecule has 1 saturated heterocycles. The molecule has 1 aromatic carbocycles. The van der Waals surface area contributed by atoms with Gasteiger partial charge in [0, 0.05) is 24.9 Å². The molecule has 0 radical (unpaired) electrons. The van der Waals surface area contributed by atoms with Gasteiger partial charge in [0.1, 0.15) is 0 Å². The normalized spacial score (nSPS) is 20.8. The molecular formula is C20H24FN3O3. The van der Waals surface area contributed by atoms with Crippen LogP contribution in [-0.4, -0.2) is 34.0 Å². The fourth-order valence-corrected chi connectivity index (χ4v) is 4.01. The minimum atomic E-state index is -0.425. The smallest absolute Gasteiger partial charge is 0.264 e. The van der Waals surface area contributed by atoms with E-state index in [4.69, 9.17) is 9.26 Å². The minimum absolute atomic E-state index is 0.0192. The SMILES string of the molecule is O=C(C1CCCC1)N1CCCC(c2noc(COc3ccccc3F)n2)C1. The Kier molecular flexibility index (Phi) is 5.36. The standard InChI is InChI=1S/C20H24FN3O3/c21-16-9-3-4-10-17(16)26-13-18-22-19(23-27-18)15-8-5-11-24(12-15)20(25)14-6-1-2-7-14/h3-4,9-10,14-15H,1-2,5-8,11-13H2. The van der Waals surface area contributed by atoms with Crippen LogP contribution in [0.2, 0.25) is 0 Å². The number of ether oxygens (including phenoxy) is 1. The molecule has 1 unspecified atom stereocenters. The van der Waals surface area contributed by atoms with Crippen molar-refractivity contribution in [3.05, 3.63) is 41.8 Å². The molecule has 144 valence electrons. The highest BCUT2D eigenvalue weighted by Crippen LogP contribution is 2.30. The van der Waals surface area contributed by atoms with E-state index in [0.717, 1.165) is 45.1 Å². The van der Waals surface area contributed by atoms with Crippen LogP contribution in [0.15, 0.2) is 28.8 Å². The zero-order valence-corrected chi connectivity index (χ0v) is 15.3. The van der Waals surface area contributed by atoms with E-state index in [1.165, 1.54) is 6.07 Å². The first-order valence-corrected chi connectivity index (χ1v) is 9.69. The van der Waals surface area contributed by atoms with E-state index < -0.39 is 5.82 Å². The number of nitrogens with zero attached hydrogens (tertiary/aromatic N) is 3. The van der Waals surface area contributed by atoms with Gasteiger partial charge < -0.3 is 14.2 Å². The van der Waals surface area contributed by atoms with Gasteiger partial charge in [0.2, 0.25) is 5.91 Å². The van der Waals surface area contributed by atoms with Crippen LogP contribution in [0.5, 0.6) is 5.75 Å². The van der Waals surface area contributed by atoms with E-state index in [0.29, 0.717) is 18.3 Å². The second kappa shape index (κ2) is 8.06. The van der Waals surface area contributed by atoms with Crippen LogP contribution in [0.3, 0.4) is 0 Å². The van der Waals surface area contributed by atoms with Crippen LogP contribution >= 0.6 is 0 Å². The summed E-state index contributed by atoms with van der Waals surface area (Å²) in [6.07, 6.45) is 6.22. The number of rotatable bonds is 5. The first-order chi connectivity index (χ1) is 13.2. The third-order valence-corrected chi connectivity index (χ3v) is 5.47. The maximum Gasteiger partial charge on any atom is 0.264 e. The number of hydrogen-bond acceptors (Lipinski definition) is 5. The number of piperidine rings is 1. The van der Waals surface area contributed by atoms with Crippen molar-refractivity contribution in [1.82, 2.24) is 15.0 Å². The van der Waals surface area contributed by atoms with Gasteiger partial charge in [-0.1, -0.05) is 30.1 Å². The number of para-hydroxylation sites is 1. The Morgan fingerprint density at radius 3 is 2.85 bits per heavy atom. The summed E-state index contributed by atoms with van der Waals surface area (Å²) < 4.78 is 24.3. The summed E-state index contributed by atoms with van der Waals surface area (Å²) in [5.41, 5.74) is 0. The van der Waals surface area contributed by atoms with E-state index in [1.807, 2.05) is 4.90 Å². The number of halogens is 1. The van der Waals surface area contributed by atoms with Gasteiger partial charge in [-0.2, -0.15) is 4.98 Å². The van der Waals surface area contributed by atoms with Crippen molar-refractivity contribution in [2.45, 2.75) is 51.0 Å². The fourth-order valence-electron chi connectivity index (χ4n) is 4.01. The van der Waals surface area contributed by atoms with Gasteiger partial charge in [-0.3, -0.25) is 4.79 Å². The lowest BCUT2D eigenvalue weighted by Gasteiger charge is -2.33. The van der Waals surface area contributed by atoms with E-state index >= 15 is 0 Å². The first-order valence-electron chi connectivity index (χ1n) is 9.69. The molecule has 1 amide bonds. The molecule has 6 nitrogen and oxygen atoms in total. The first kappa shape index (κ1) is 17.9. The molecule has 0 bridgehead atoms. The number of likely N-dealkylation sites (tertiary alicyclic amines) is 1. The van der Waals surface area contributed by atoms with Crippen LogP contribution < -0.4 is 4.74 Å². The second-order valence-corrected chi connectivity index (χ2v) is 7.37. The van der Waals surface area contributed by atoms with Gasteiger partial charge >= 0.3 is 0 Å². The molecule has 1 aliphatic carbocycles. The quantitative estimate of drug-likeness (QED) is 0.800. The van der Waals surface area contributed by atoms with Crippen molar-refractivity contribution in [3.8, 4) is 5.75 Å². The molecule has 2 aliphatic rings. The van der Waals surface area contributed by atoms with Crippen molar-refractivity contribution in [2.24, 2.45) is 5.92 Å². The van der Waals surface area contributed by atoms with Crippen LogP contribution in [0.4, 0.5) is 4.39 Å². The summed E-state index contributed by atoms with van der Waals surface area (Å²) in [7, 11) is 0. The molecule has 0 N–H and O–H groups in total. The fraction of sp³-hybridized carbons (Fsp3) is 0.550. The molecule has 1 aliphatic heterocycles. The average Bonchev–Trinajstić information content (AvgIpc) is 3.39. The van der Waals surface area contributed by atoms with Gasteiger partial charge in [-0.05, 0) is 37.8 Å². The van der Waals surface area contributed by atoms with Gasteiger partial charge in [-0.15, -0.1) is 0 Å². The largest absolute Gasteiger partial charge is 0.481 e. The molecule has 2 heterocycles. The molecule has 1 saturated carbocycles. The molecule has 1 aromatic heterocycles. The molecule has 27 heavy (non-hydrogen) atoms. The molecule has 2 aromatic rings. The van der Waals surface area contributed by atoms with Crippen molar-refractivity contribution >= 4 is 5.91 Å². The van der Waals surface area contributed by atoms with Crippen LogP contribution in [0.25, 0.3) is 0 Å². The van der Waals surface area contributed by atoms with E-state index in [-0.39, 0.29) is 30.1 Å². The van der Waals surface area contributed by atoms with E-state index in [1.54, 1.807) is 18.2 Å². The summed E-state index contributed by atoms with van der Waals surface area (Å²) in [6.45, 7) is 1.47. The lowest BCUT2D eigenvalue weighted by molar-refractivity contribution is -0.136. The monoisotopic (exact) mass is 373 g/mol. The lowest BCUT2D eigenvalue weighted by Crippen LogP contribution is -2.42. The summed E-state index contributed by atoms with van der Waals surface area (Å²) in [5, 5.41) is 4.07. The highest BCUT2D eigenvalue weighted by Gasteiger charge is 2.32. The Hall–Kier alpha value is -2.44. The molecule has 0 spiro atoms. The third-order valence-electron chi connectivity index (χ3n) is 5.47. The molecule has 2 fully saturated rings. The van der Waals surface area contributed by atoms with Crippen molar-refractivity contribution < 1.29 is 18.4 Å². The van der Waals surface area contributed by atoms with E-state index in [2.05, 4.69) is 10.1 Å². The maximum atomic E-state index is 13.6. The Morgan fingerprint density at radius 1 is 1.22 bits per heavy atom. The lowest BCUT2D eigenvalue weighted by atomic mass is 9.95. The number of carbonyl (C=O) groups excluding carboxylic acids is 1. The van der Waals surface area contributed by atoms with Crippen molar-refractivity contribution in [3.63, 3.8) is 0 Å². The highest BCUT2D eigenvalue weighted by molar-refractivity contribution is 5.79. The second-order valence-electron chi connectivity index (χ2n) is 7.37. The number of hydrogen-bond donors (Lipinski definition) is 0. The van der Waals surface area contributed by atoms with Crippen molar-refractivity contribution in [1.29, 1.82) is 0 Å². The predicted molar refractivity (Wildman–Crippen MR) is 95.5 cm³/mol. The summed E-state index contributed by atoms with van der Waals surface area (Å²) in [6, 6.07) is 6.21. The zero-order chi connectivity index (χ0) is 18.6.